The first-order chi connectivity index (χ1) is 7.56. The highest BCUT2D eigenvalue weighted by Gasteiger charge is 2.30. The van der Waals surface area contributed by atoms with Crippen molar-refractivity contribution >= 4 is 66.2 Å². The van der Waals surface area contributed by atoms with E-state index < -0.39 is 0 Å². The Morgan fingerprint density at radius 3 is 2.44 bits per heavy atom. The lowest BCUT2D eigenvalue weighted by atomic mass is 10.0. The number of hydrogen-bond donors (Lipinski definition) is 0. The Hall–Kier alpha value is 3.44. The predicted molar refractivity (Wildman–Crippen MR) is 108 cm³/mol. The molecular weight excluding hydrogens is 344 g/mol. The number of rotatable bonds is 9. The van der Waals surface area contributed by atoms with Gasteiger partial charge in [0.2, 0.25) is 0 Å². The van der Waals surface area contributed by atoms with Gasteiger partial charge in [0, 0.05) is 0 Å². The summed E-state index contributed by atoms with van der Waals surface area (Å²) in [7, 11) is 14.3. The van der Waals surface area contributed by atoms with E-state index in [-0.39, 0.29) is 14.3 Å². The van der Waals surface area contributed by atoms with E-state index in [1.165, 1.54) is 25.7 Å². The maximum Gasteiger partial charge on any atom is 0.0962 e. The molecule has 0 N–H and O–H groups in total. The topological polar surface area (TPSA) is 0 Å². The molecule has 0 saturated heterocycles. The minimum atomic E-state index is -0.137. The van der Waals surface area contributed by atoms with Gasteiger partial charge in [-0.05, 0) is 20.3 Å². The van der Waals surface area contributed by atoms with Crippen LogP contribution in [-0.2, 0) is 0 Å². The largest absolute Gasteiger partial charge is 0.106 e. The lowest BCUT2D eigenvalue weighted by Crippen LogP contribution is -2.01. The molecule has 0 aliphatic heterocycles. The summed E-state index contributed by atoms with van der Waals surface area (Å²) < 4.78 is 0. The van der Waals surface area contributed by atoms with Crippen molar-refractivity contribution in [1.29, 1.82) is 0 Å². The second kappa shape index (κ2) is 12.2. The molecule has 0 heterocycles. The second-order valence-corrected chi connectivity index (χ2v) is 28.2. The van der Waals surface area contributed by atoms with Gasteiger partial charge in [-0.1, -0.05) is 60.2 Å². The van der Waals surface area contributed by atoms with E-state index in [0.29, 0.717) is 0 Å². The highest BCUT2D eigenvalue weighted by atomic mass is 33.0. The molecule has 0 aliphatic rings. The van der Waals surface area contributed by atoms with Gasteiger partial charge in [-0.25, -0.2) is 0 Å². The third-order valence-electron chi connectivity index (χ3n) is 2.60. The molecule has 10 unspecified atom stereocenters. The first kappa shape index (κ1) is 19.4. The minimum Gasteiger partial charge on any atom is -0.106 e. The van der Waals surface area contributed by atoms with Gasteiger partial charge in [-0.3, -0.25) is 0 Å². The molecule has 0 aromatic rings. The third kappa shape index (κ3) is 8.58. The smallest absolute Gasteiger partial charge is 0.0962 e. The number of hydrogen-bond acceptors (Lipinski definition) is 0. The van der Waals surface area contributed by atoms with Crippen molar-refractivity contribution in [2.45, 2.75) is 44.9 Å². The van der Waals surface area contributed by atoms with Crippen molar-refractivity contribution in [2.24, 2.45) is 5.92 Å². The van der Waals surface area contributed by atoms with Gasteiger partial charge in [0.1, 0.15) is 0 Å². The average Bonchev–Trinajstić information content (AvgIpc) is 2.26. The predicted octanol–water partition coefficient (Wildman–Crippen LogP) is 6.57. The normalized spacial score (nSPS) is 20.6. The fraction of sp³-hybridized carbons (Fsp3) is 1.00. The molecule has 0 radical (unpaired) electrons. The molecule has 0 aromatic carbocycles. The van der Waals surface area contributed by atoms with Crippen LogP contribution >= 0.6 is 66.2 Å². The number of unbranched alkanes of at least 4 members (excludes halogenated alkanes) is 1. The molecule has 0 aliphatic carbocycles. The molecule has 0 nitrogen and oxygen atoms in total. The molecule has 0 rings (SSSR count). The molecule has 98 valence electrons. The van der Waals surface area contributed by atoms with Crippen molar-refractivity contribution in [3.63, 3.8) is 0 Å². The van der Waals surface area contributed by atoms with Crippen LogP contribution in [0.4, 0.5) is 0 Å². The van der Waals surface area contributed by atoms with Crippen molar-refractivity contribution in [2.75, 3.05) is 0 Å². The monoisotopic (exact) mass is 371 g/mol. The zero-order chi connectivity index (χ0) is 12.6. The van der Waals surface area contributed by atoms with Crippen LogP contribution < -0.4 is 0 Å². The Kier molecular flexibility index (Phi) is 14.8. The first-order valence-electron chi connectivity index (χ1n) is 5.66. The zero-order valence-corrected chi connectivity index (χ0v) is 18.8. The standard InChI is InChI=1S/C8H26P8/c1-3-4-5-7(2)6-8(9)15(13-10)16(12)14-11/h7-8,13-14H,3-6,9-12H2,1-2H3/p+1. The van der Waals surface area contributed by atoms with Crippen LogP contribution in [0.25, 0.3) is 0 Å². The Bertz CT molecular complexity index is 166. The van der Waals surface area contributed by atoms with Gasteiger partial charge in [0.25, 0.3) is 0 Å². The van der Waals surface area contributed by atoms with E-state index in [0.717, 1.165) is 27.2 Å². The molecule has 0 amide bonds. The van der Waals surface area contributed by atoms with Crippen LogP contribution in [-0.4, -0.2) is 5.40 Å². The molecule has 10 atom stereocenters. The molecule has 16 heavy (non-hydrogen) atoms. The summed E-state index contributed by atoms with van der Waals surface area (Å²) in [6.45, 7) is 4.99. The fourth-order valence-corrected chi connectivity index (χ4v) is 45.4. The van der Waals surface area contributed by atoms with Crippen molar-refractivity contribution < 1.29 is 0 Å². The third-order valence-corrected chi connectivity index (χ3v) is 40.5. The van der Waals surface area contributed by atoms with Gasteiger partial charge < -0.3 is 0 Å². The van der Waals surface area contributed by atoms with Crippen molar-refractivity contribution in [1.82, 2.24) is 0 Å². The summed E-state index contributed by atoms with van der Waals surface area (Å²) in [5.41, 5.74) is 0. The second-order valence-electron chi connectivity index (χ2n) is 4.12. The molecule has 0 aromatic heterocycles. The molecular formula is C8H27P8+. The minimum absolute atomic E-state index is 0.137. The lowest BCUT2D eigenvalue weighted by Gasteiger charge is -2.22. The van der Waals surface area contributed by atoms with Crippen LogP contribution in [0.3, 0.4) is 0 Å². The molecule has 0 spiro atoms. The van der Waals surface area contributed by atoms with Gasteiger partial charge in [0.05, 0.1) is 27.6 Å². The Morgan fingerprint density at radius 2 is 2.00 bits per heavy atom. The summed E-state index contributed by atoms with van der Waals surface area (Å²) >= 11 is 0. The molecule has 0 saturated carbocycles. The van der Waals surface area contributed by atoms with Crippen LogP contribution in [0, 0.1) is 5.92 Å². The molecule has 0 fully saturated rings. The zero-order valence-electron chi connectivity index (χ0n) is 10.2. The van der Waals surface area contributed by atoms with Gasteiger partial charge in [0.15, 0.2) is 0 Å². The van der Waals surface area contributed by atoms with E-state index in [4.69, 9.17) is 0 Å². The Balaban J connectivity index is 4.04. The summed E-state index contributed by atoms with van der Waals surface area (Å²) in [6.07, 6.45) is 5.61. The summed E-state index contributed by atoms with van der Waals surface area (Å²) in [4.78, 5) is 0. The summed E-state index contributed by atoms with van der Waals surface area (Å²) in [5.74, 6) is 0.921. The van der Waals surface area contributed by atoms with Gasteiger partial charge in [-0.2, -0.15) is 0 Å². The van der Waals surface area contributed by atoms with Crippen molar-refractivity contribution in [3.8, 4) is 0 Å². The summed E-state index contributed by atoms with van der Waals surface area (Å²) in [6, 6.07) is 0. The lowest BCUT2D eigenvalue weighted by molar-refractivity contribution is 0.488. The SMILES string of the molecule is CCCCC(C)CC(P)[PH+](PP)P(P)PP. The maximum atomic E-state index is 3.16. The maximum absolute atomic E-state index is 3.16. The Morgan fingerprint density at radius 1 is 1.38 bits per heavy atom. The molecule has 0 bridgehead atoms. The first-order valence-corrected chi connectivity index (χ1v) is 19.2. The van der Waals surface area contributed by atoms with Gasteiger partial charge in [-0.15, -0.1) is 8.93 Å². The Labute approximate surface area is 117 Å². The van der Waals surface area contributed by atoms with E-state index in [9.17, 15) is 0 Å². The van der Waals surface area contributed by atoms with E-state index in [1.54, 1.807) is 0 Å². The van der Waals surface area contributed by atoms with E-state index >= 15 is 0 Å². The van der Waals surface area contributed by atoms with Crippen LogP contribution in [0.2, 0.25) is 0 Å². The molecule has 8 heteroatoms. The highest BCUT2D eigenvalue weighted by Crippen LogP contribution is 2.95. The average molecular weight is 371 g/mol. The van der Waals surface area contributed by atoms with Crippen LogP contribution in [0.15, 0.2) is 0 Å². The highest BCUT2D eigenvalue weighted by molar-refractivity contribution is 8.94. The van der Waals surface area contributed by atoms with Crippen LogP contribution in [0.5, 0.6) is 0 Å². The quantitative estimate of drug-likeness (QED) is 0.402. The van der Waals surface area contributed by atoms with Gasteiger partial charge >= 0.3 is 0 Å². The summed E-state index contributed by atoms with van der Waals surface area (Å²) in [5, 5.41) is 0.921. The van der Waals surface area contributed by atoms with Crippen molar-refractivity contribution in [3.05, 3.63) is 0 Å². The fourth-order valence-electron chi connectivity index (χ4n) is 1.64. The van der Waals surface area contributed by atoms with E-state index in [1.807, 2.05) is 0 Å². The van der Waals surface area contributed by atoms with Crippen LogP contribution in [0.1, 0.15) is 39.5 Å². The van der Waals surface area contributed by atoms with E-state index in [2.05, 4.69) is 49.9 Å².